The van der Waals surface area contributed by atoms with Gasteiger partial charge < -0.3 is 14.4 Å². The number of carbonyl (C=O) groups excluding carboxylic acids is 1. The Morgan fingerprint density at radius 1 is 1.10 bits per heavy atom. The Labute approximate surface area is 120 Å². The molecule has 0 aromatic heterocycles. The summed E-state index contributed by atoms with van der Waals surface area (Å²) in [4.78, 5) is 14.4. The molecule has 2 rings (SSSR count). The predicted octanol–water partition coefficient (Wildman–Crippen LogP) is 3.11. The maximum atomic E-state index is 12.5. The summed E-state index contributed by atoms with van der Waals surface area (Å²) < 4.78 is 10.5. The maximum absolute atomic E-state index is 12.5. The van der Waals surface area contributed by atoms with Crippen molar-refractivity contribution in [1.29, 1.82) is 0 Å². The molecule has 20 heavy (non-hydrogen) atoms. The van der Waals surface area contributed by atoms with Gasteiger partial charge >= 0.3 is 0 Å². The fourth-order valence-corrected chi connectivity index (χ4v) is 2.81. The molecule has 0 unspecified atom stereocenters. The highest BCUT2D eigenvalue weighted by Gasteiger charge is 2.23. The molecule has 1 aromatic rings. The molecule has 0 aliphatic heterocycles. The minimum Gasteiger partial charge on any atom is -0.493 e. The molecule has 1 aliphatic carbocycles. The second kappa shape index (κ2) is 6.64. The molecule has 1 amide bonds. The number of hydrogen-bond donors (Lipinski definition) is 0. The van der Waals surface area contributed by atoms with E-state index in [0.717, 1.165) is 12.8 Å². The normalized spacial score (nSPS) is 15.8. The van der Waals surface area contributed by atoms with Crippen molar-refractivity contribution < 1.29 is 14.3 Å². The summed E-state index contributed by atoms with van der Waals surface area (Å²) in [6.45, 7) is 0. The van der Waals surface area contributed by atoms with Gasteiger partial charge in [0, 0.05) is 18.7 Å². The molecule has 1 aromatic carbocycles. The van der Waals surface area contributed by atoms with Crippen LogP contribution in [0.1, 0.15) is 42.5 Å². The molecule has 4 nitrogen and oxygen atoms in total. The van der Waals surface area contributed by atoms with Crippen LogP contribution in [0.2, 0.25) is 0 Å². The average Bonchev–Trinajstić information content (AvgIpc) is 2.53. The standard InChI is InChI=1S/C16H23NO3/c1-17(13-7-5-4-6-8-13)16(18)12-9-10-14(19-2)15(11-12)20-3/h9-11,13H,4-8H2,1-3H3. The Balaban J connectivity index is 2.15. The Bertz CT molecular complexity index is 467. The number of hydrogen-bond acceptors (Lipinski definition) is 3. The van der Waals surface area contributed by atoms with Crippen molar-refractivity contribution in [2.24, 2.45) is 0 Å². The number of amides is 1. The lowest BCUT2D eigenvalue weighted by atomic mass is 9.94. The van der Waals surface area contributed by atoms with Crippen molar-refractivity contribution in [2.45, 2.75) is 38.1 Å². The smallest absolute Gasteiger partial charge is 0.253 e. The van der Waals surface area contributed by atoms with E-state index in [4.69, 9.17) is 9.47 Å². The first-order chi connectivity index (χ1) is 9.67. The SMILES string of the molecule is COc1ccc(C(=O)N(C)C2CCCCC2)cc1OC. The topological polar surface area (TPSA) is 38.8 Å². The van der Waals surface area contributed by atoms with Crippen molar-refractivity contribution in [3.63, 3.8) is 0 Å². The quantitative estimate of drug-likeness (QED) is 0.849. The third-order valence-electron chi connectivity index (χ3n) is 4.07. The van der Waals surface area contributed by atoms with E-state index in [1.54, 1.807) is 32.4 Å². The fraction of sp³-hybridized carbons (Fsp3) is 0.562. The van der Waals surface area contributed by atoms with E-state index < -0.39 is 0 Å². The number of nitrogens with zero attached hydrogens (tertiary/aromatic N) is 1. The van der Waals surface area contributed by atoms with Gasteiger partial charge in [-0.1, -0.05) is 19.3 Å². The Hall–Kier alpha value is -1.71. The van der Waals surface area contributed by atoms with Crippen LogP contribution in [-0.2, 0) is 0 Å². The zero-order valence-corrected chi connectivity index (χ0v) is 12.5. The van der Waals surface area contributed by atoms with Gasteiger partial charge in [0.25, 0.3) is 5.91 Å². The zero-order chi connectivity index (χ0) is 14.5. The van der Waals surface area contributed by atoms with Gasteiger partial charge in [0.2, 0.25) is 0 Å². The van der Waals surface area contributed by atoms with Gasteiger partial charge in [-0.05, 0) is 31.0 Å². The van der Waals surface area contributed by atoms with Gasteiger partial charge in [0.15, 0.2) is 11.5 Å². The molecule has 0 bridgehead atoms. The molecule has 0 radical (unpaired) electrons. The van der Waals surface area contributed by atoms with Crippen molar-refractivity contribution in [2.75, 3.05) is 21.3 Å². The summed E-state index contributed by atoms with van der Waals surface area (Å²) in [5, 5.41) is 0. The van der Waals surface area contributed by atoms with Crippen LogP contribution in [0, 0.1) is 0 Å². The minimum atomic E-state index is 0.0536. The largest absolute Gasteiger partial charge is 0.493 e. The molecule has 1 fully saturated rings. The first-order valence-electron chi connectivity index (χ1n) is 7.16. The molecule has 1 aliphatic rings. The number of benzene rings is 1. The summed E-state index contributed by atoms with van der Waals surface area (Å²) >= 11 is 0. The van der Waals surface area contributed by atoms with Crippen LogP contribution in [-0.4, -0.2) is 38.1 Å². The van der Waals surface area contributed by atoms with Gasteiger partial charge in [-0.15, -0.1) is 0 Å². The number of ether oxygens (including phenoxy) is 2. The molecule has 0 atom stereocenters. The first kappa shape index (κ1) is 14.7. The fourth-order valence-electron chi connectivity index (χ4n) is 2.81. The lowest BCUT2D eigenvalue weighted by Gasteiger charge is -2.31. The van der Waals surface area contributed by atoms with Gasteiger partial charge in [0.05, 0.1) is 14.2 Å². The summed E-state index contributed by atoms with van der Waals surface area (Å²) in [7, 11) is 5.07. The molecule has 0 N–H and O–H groups in total. The lowest BCUT2D eigenvalue weighted by molar-refractivity contribution is 0.0696. The highest BCUT2D eigenvalue weighted by Crippen LogP contribution is 2.29. The third-order valence-corrected chi connectivity index (χ3v) is 4.07. The predicted molar refractivity (Wildman–Crippen MR) is 78.5 cm³/mol. The van der Waals surface area contributed by atoms with Gasteiger partial charge in [-0.2, -0.15) is 0 Å². The molecule has 1 saturated carbocycles. The van der Waals surface area contributed by atoms with Crippen molar-refractivity contribution in [3.8, 4) is 11.5 Å². The molecule has 0 saturated heterocycles. The highest BCUT2D eigenvalue weighted by molar-refractivity contribution is 5.95. The van der Waals surface area contributed by atoms with E-state index in [0.29, 0.717) is 23.1 Å². The number of rotatable bonds is 4. The van der Waals surface area contributed by atoms with Crippen LogP contribution >= 0.6 is 0 Å². The van der Waals surface area contributed by atoms with E-state index in [9.17, 15) is 4.79 Å². The zero-order valence-electron chi connectivity index (χ0n) is 12.5. The summed E-state index contributed by atoms with van der Waals surface area (Å²) in [5.74, 6) is 1.29. The molecular weight excluding hydrogens is 254 g/mol. The van der Waals surface area contributed by atoms with Gasteiger partial charge in [0.1, 0.15) is 0 Å². The van der Waals surface area contributed by atoms with Crippen molar-refractivity contribution in [1.82, 2.24) is 4.90 Å². The van der Waals surface area contributed by atoms with Crippen LogP contribution in [0.5, 0.6) is 11.5 Å². The Morgan fingerprint density at radius 3 is 2.35 bits per heavy atom. The lowest BCUT2D eigenvalue weighted by Crippen LogP contribution is -2.38. The molecule has 0 spiro atoms. The average molecular weight is 277 g/mol. The molecule has 0 heterocycles. The molecule has 110 valence electrons. The second-order valence-corrected chi connectivity index (χ2v) is 5.28. The molecular formula is C16H23NO3. The van der Waals surface area contributed by atoms with Crippen LogP contribution in [0.4, 0.5) is 0 Å². The monoisotopic (exact) mass is 277 g/mol. The number of carbonyl (C=O) groups is 1. The van der Waals surface area contributed by atoms with Crippen LogP contribution < -0.4 is 9.47 Å². The van der Waals surface area contributed by atoms with E-state index in [1.165, 1.54) is 19.3 Å². The summed E-state index contributed by atoms with van der Waals surface area (Å²) in [5.41, 5.74) is 0.649. The summed E-state index contributed by atoms with van der Waals surface area (Å²) in [6.07, 6.45) is 5.93. The first-order valence-corrected chi connectivity index (χ1v) is 7.16. The maximum Gasteiger partial charge on any atom is 0.253 e. The van der Waals surface area contributed by atoms with E-state index in [2.05, 4.69) is 0 Å². The van der Waals surface area contributed by atoms with Crippen molar-refractivity contribution >= 4 is 5.91 Å². The van der Waals surface area contributed by atoms with E-state index in [-0.39, 0.29) is 5.91 Å². The van der Waals surface area contributed by atoms with Gasteiger partial charge in [-0.3, -0.25) is 4.79 Å². The van der Waals surface area contributed by atoms with E-state index >= 15 is 0 Å². The Morgan fingerprint density at radius 2 is 1.75 bits per heavy atom. The summed E-state index contributed by atoms with van der Waals surface area (Å²) in [6, 6.07) is 5.69. The third kappa shape index (κ3) is 3.06. The van der Waals surface area contributed by atoms with Crippen LogP contribution in [0.3, 0.4) is 0 Å². The number of methoxy groups -OCH3 is 2. The minimum absolute atomic E-state index is 0.0536. The van der Waals surface area contributed by atoms with E-state index in [1.807, 2.05) is 11.9 Å². The highest BCUT2D eigenvalue weighted by atomic mass is 16.5. The van der Waals surface area contributed by atoms with Gasteiger partial charge in [-0.25, -0.2) is 0 Å². The second-order valence-electron chi connectivity index (χ2n) is 5.28. The Kier molecular flexibility index (Phi) is 4.88. The molecule has 4 heteroatoms. The van der Waals surface area contributed by atoms with Crippen LogP contribution in [0.15, 0.2) is 18.2 Å². The van der Waals surface area contributed by atoms with Crippen LogP contribution in [0.25, 0.3) is 0 Å². The van der Waals surface area contributed by atoms with Crippen molar-refractivity contribution in [3.05, 3.63) is 23.8 Å².